The molecule has 1 aromatic carbocycles. The quantitative estimate of drug-likeness (QED) is 0.856. The fourth-order valence-corrected chi connectivity index (χ4v) is 4.30. The molecule has 6 nitrogen and oxygen atoms in total. The molecule has 1 heterocycles. The summed E-state index contributed by atoms with van der Waals surface area (Å²) in [6, 6.07) is 2.90. The van der Waals surface area contributed by atoms with Crippen molar-refractivity contribution in [2.75, 3.05) is 33.0 Å². The van der Waals surface area contributed by atoms with Crippen LogP contribution in [0.5, 0.6) is 11.5 Å². The molecule has 7 heteroatoms. The number of anilines is 1. The fourth-order valence-electron chi connectivity index (χ4n) is 2.50. The molecule has 0 amide bonds. The van der Waals surface area contributed by atoms with Gasteiger partial charge in [-0.1, -0.05) is 13.8 Å². The third-order valence-electron chi connectivity index (χ3n) is 3.78. The zero-order valence-electron chi connectivity index (χ0n) is 12.8. The highest BCUT2D eigenvalue weighted by Crippen LogP contribution is 2.38. The minimum atomic E-state index is -3.63. The molecule has 2 rings (SSSR count). The van der Waals surface area contributed by atoms with Crippen molar-refractivity contribution in [3.05, 3.63) is 12.1 Å². The molecule has 0 radical (unpaired) electrons. The molecule has 0 aliphatic carbocycles. The maximum absolute atomic E-state index is 12.8. The Kier molecular flexibility index (Phi) is 4.08. The summed E-state index contributed by atoms with van der Waals surface area (Å²) in [5, 5.41) is 0. The van der Waals surface area contributed by atoms with E-state index in [0.717, 1.165) is 6.42 Å². The number of ether oxygens (including phenoxy) is 2. The van der Waals surface area contributed by atoms with E-state index in [1.807, 2.05) is 0 Å². The summed E-state index contributed by atoms with van der Waals surface area (Å²) >= 11 is 0. The lowest BCUT2D eigenvalue weighted by Crippen LogP contribution is -2.30. The summed E-state index contributed by atoms with van der Waals surface area (Å²) in [4.78, 5) is 0.0843. The fraction of sp³-hybridized carbons (Fsp3) is 0.571. The van der Waals surface area contributed by atoms with E-state index in [0.29, 0.717) is 18.8 Å². The zero-order chi connectivity index (χ0) is 15.8. The second-order valence-electron chi connectivity index (χ2n) is 6.00. The number of nitrogen functional groups attached to an aromatic ring is 1. The number of sulfonamides is 1. The van der Waals surface area contributed by atoms with Crippen LogP contribution in [0.15, 0.2) is 17.0 Å². The number of hydrogen-bond donors (Lipinski definition) is 1. The molecule has 0 unspecified atom stereocenters. The Hall–Kier alpha value is -1.47. The van der Waals surface area contributed by atoms with E-state index in [9.17, 15) is 8.42 Å². The van der Waals surface area contributed by atoms with Crippen LogP contribution in [0.1, 0.15) is 20.3 Å². The number of nitrogens with two attached hydrogens (primary N) is 1. The summed E-state index contributed by atoms with van der Waals surface area (Å²) in [6.07, 6.45) is 0.834. The predicted octanol–water partition coefficient (Wildman–Crippen LogP) is 1.71. The maximum Gasteiger partial charge on any atom is 0.246 e. The summed E-state index contributed by atoms with van der Waals surface area (Å²) in [6.45, 7) is 5.11. The molecule has 1 aromatic rings. The van der Waals surface area contributed by atoms with Gasteiger partial charge in [0.05, 0.1) is 19.9 Å². The first-order chi connectivity index (χ1) is 9.71. The number of rotatable bonds is 4. The van der Waals surface area contributed by atoms with Gasteiger partial charge in [-0.25, -0.2) is 8.42 Å². The van der Waals surface area contributed by atoms with Gasteiger partial charge in [0.2, 0.25) is 10.0 Å². The highest BCUT2D eigenvalue weighted by Gasteiger charge is 2.38. The van der Waals surface area contributed by atoms with Gasteiger partial charge in [0.1, 0.15) is 16.4 Å². The molecule has 0 saturated carbocycles. The van der Waals surface area contributed by atoms with E-state index in [1.165, 1.54) is 30.7 Å². The van der Waals surface area contributed by atoms with E-state index in [-0.39, 0.29) is 21.7 Å². The Morgan fingerprint density at radius 3 is 2.29 bits per heavy atom. The molecule has 1 saturated heterocycles. The molecule has 0 atom stereocenters. The van der Waals surface area contributed by atoms with Gasteiger partial charge in [0.15, 0.2) is 0 Å². The number of benzene rings is 1. The monoisotopic (exact) mass is 314 g/mol. The zero-order valence-corrected chi connectivity index (χ0v) is 13.7. The number of hydrogen-bond acceptors (Lipinski definition) is 5. The first kappa shape index (κ1) is 15.9. The highest BCUT2D eigenvalue weighted by atomic mass is 32.2. The van der Waals surface area contributed by atoms with Crippen LogP contribution < -0.4 is 15.2 Å². The van der Waals surface area contributed by atoms with Gasteiger partial charge >= 0.3 is 0 Å². The SMILES string of the molecule is COc1cc(OC)c(S(=O)(=O)N2CCC(C)(C)C2)cc1N. The molecule has 0 bridgehead atoms. The topological polar surface area (TPSA) is 81.9 Å². The smallest absolute Gasteiger partial charge is 0.246 e. The minimum Gasteiger partial charge on any atom is -0.495 e. The van der Waals surface area contributed by atoms with Crippen LogP contribution in [0.4, 0.5) is 5.69 Å². The Balaban J connectivity index is 2.48. The van der Waals surface area contributed by atoms with E-state index >= 15 is 0 Å². The van der Waals surface area contributed by atoms with Gasteiger partial charge < -0.3 is 15.2 Å². The van der Waals surface area contributed by atoms with Crippen LogP contribution in [-0.2, 0) is 10.0 Å². The molecule has 118 valence electrons. The summed E-state index contributed by atoms with van der Waals surface area (Å²) in [5.41, 5.74) is 6.10. The van der Waals surface area contributed by atoms with Gasteiger partial charge in [-0.05, 0) is 17.9 Å². The van der Waals surface area contributed by atoms with Crippen LogP contribution in [0.2, 0.25) is 0 Å². The van der Waals surface area contributed by atoms with E-state index in [2.05, 4.69) is 13.8 Å². The second kappa shape index (κ2) is 5.38. The van der Waals surface area contributed by atoms with Gasteiger partial charge in [0, 0.05) is 19.2 Å². The first-order valence-electron chi connectivity index (χ1n) is 6.73. The Morgan fingerprint density at radius 2 is 1.81 bits per heavy atom. The normalized spacial score (nSPS) is 18.7. The average Bonchev–Trinajstić information content (AvgIpc) is 2.79. The Morgan fingerprint density at radius 1 is 1.19 bits per heavy atom. The maximum atomic E-state index is 12.8. The standard InChI is InChI=1S/C14H22N2O4S/c1-14(2)5-6-16(9-14)21(17,18)13-7-10(15)11(19-3)8-12(13)20-4/h7-8H,5-6,9,15H2,1-4H3. The Labute approximate surface area is 125 Å². The van der Waals surface area contributed by atoms with E-state index in [4.69, 9.17) is 15.2 Å². The molecule has 0 aromatic heterocycles. The van der Waals surface area contributed by atoms with Gasteiger partial charge in [0.25, 0.3) is 0 Å². The van der Waals surface area contributed by atoms with Crippen molar-refractivity contribution in [2.45, 2.75) is 25.2 Å². The Bertz CT molecular complexity index is 641. The molecular weight excluding hydrogens is 292 g/mol. The summed E-state index contributed by atoms with van der Waals surface area (Å²) in [7, 11) is -0.724. The highest BCUT2D eigenvalue weighted by molar-refractivity contribution is 7.89. The van der Waals surface area contributed by atoms with Crippen molar-refractivity contribution >= 4 is 15.7 Å². The average molecular weight is 314 g/mol. The van der Waals surface area contributed by atoms with Crippen molar-refractivity contribution < 1.29 is 17.9 Å². The van der Waals surface area contributed by atoms with Crippen LogP contribution in [0.3, 0.4) is 0 Å². The molecule has 21 heavy (non-hydrogen) atoms. The second-order valence-corrected chi connectivity index (χ2v) is 7.90. The lowest BCUT2D eigenvalue weighted by Gasteiger charge is -2.21. The molecule has 1 aliphatic rings. The van der Waals surface area contributed by atoms with Crippen molar-refractivity contribution in [3.63, 3.8) is 0 Å². The number of nitrogens with zero attached hydrogens (tertiary/aromatic N) is 1. The third-order valence-corrected chi connectivity index (χ3v) is 5.64. The summed E-state index contributed by atoms with van der Waals surface area (Å²) < 4.78 is 37.4. The van der Waals surface area contributed by atoms with Crippen molar-refractivity contribution in [1.29, 1.82) is 0 Å². The van der Waals surface area contributed by atoms with Crippen molar-refractivity contribution in [1.82, 2.24) is 4.31 Å². The van der Waals surface area contributed by atoms with E-state index < -0.39 is 10.0 Å². The molecule has 1 fully saturated rings. The van der Waals surface area contributed by atoms with Gasteiger partial charge in [-0.2, -0.15) is 4.31 Å². The van der Waals surface area contributed by atoms with Crippen LogP contribution >= 0.6 is 0 Å². The molecular formula is C14H22N2O4S. The lowest BCUT2D eigenvalue weighted by molar-refractivity contribution is 0.369. The van der Waals surface area contributed by atoms with Crippen molar-refractivity contribution in [2.24, 2.45) is 5.41 Å². The van der Waals surface area contributed by atoms with Crippen molar-refractivity contribution in [3.8, 4) is 11.5 Å². The van der Waals surface area contributed by atoms with Crippen LogP contribution in [0.25, 0.3) is 0 Å². The lowest BCUT2D eigenvalue weighted by atomic mass is 9.93. The third kappa shape index (κ3) is 2.94. The van der Waals surface area contributed by atoms with Crippen LogP contribution in [0, 0.1) is 5.41 Å². The number of methoxy groups -OCH3 is 2. The van der Waals surface area contributed by atoms with Gasteiger partial charge in [-0.3, -0.25) is 0 Å². The first-order valence-corrected chi connectivity index (χ1v) is 8.17. The van der Waals surface area contributed by atoms with Crippen LogP contribution in [-0.4, -0.2) is 40.0 Å². The predicted molar refractivity (Wildman–Crippen MR) is 81.1 cm³/mol. The minimum absolute atomic E-state index is 0.0156. The largest absolute Gasteiger partial charge is 0.495 e. The molecule has 1 aliphatic heterocycles. The molecule has 2 N–H and O–H groups in total. The van der Waals surface area contributed by atoms with Gasteiger partial charge in [-0.15, -0.1) is 0 Å². The van der Waals surface area contributed by atoms with E-state index in [1.54, 1.807) is 0 Å². The summed E-state index contributed by atoms with van der Waals surface area (Å²) in [5.74, 6) is 0.637. The molecule has 0 spiro atoms.